The van der Waals surface area contributed by atoms with Crippen molar-refractivity contribution in [2.45, 2.75) is 16.6 Å². The molecule has 0 aliphatic rings. The fraction of sp³-hybridized carbons (Fsp3) is 0.273. The van der Waals surface area contributed by atoms with Crippen LogP contribution >= 0.6 is 11.8 Å². The second kappa shape index (κ2) is 5.85. The molecule has 0 unspecified atom stereocenters. The van der Waals surface area contributed by atoms with Crippen LogP contribution in [0.15, 0.2) is 17.0 Å². The summed E-state index contributed by atoms with van der Waals surface area (Å²) >= 11 is -1.05. The van der Waals surface area contributed by atoms with Crippen LogP contribution in [0.25, 0.3) is 0 Å². The first-order valence-corrected chi connectivity index (χ1v) is 5.80. The average Bonchev–Trinajstić information content (AvgIpc) is 2.33. The van der Waals surface area contributed by atoms with E-state index in [1.807, 2.05) is 0 Å². The molecule has 114 valence electrons. The Hall–Kier alpha value is -1.89. The summed E-state index contributed by atoms with van der Waals surface area (Å²) in [6.45, 7) is 0. The molecule has 0 atom stereocenters. The van der Waals surface area contributed by atoms with E-state index in [1.54, 1.807) is 0 Å². The molecule has 21 heavy (non-hydrogen) atoms. The molecule has 0 saturated heterocycles. The highest BCUT2D eigenvalue weighted by Gasteiger charge is 2.42. The van der Waals surface area contributed by atoms with Crippen molar-refractivity contribution in [2.24, 2.45) is 0 Å². The quantitative estimate of drug-likeness (QED) is 0.468. The van der Waals surface area contributed by atoms with Crippen LogP contribution in [0.2, 0.25) is 0 Å². The standard InChI is InChI=1S/C11H5F6NO2S/c1-20-9(19)6-2-5(4-18)3-7(21-11(15,16)17)8(6)10(12,13)14/h2-3H,1H3. The van der Waals surface area contributed by atoms with E-state index in [1.165, 1.54) is 6.07 Å². The number of hydrogen-bond donors (Lipinski definition) is 0. The second-order valence-corrected chi connectivity index (χ2v) is 4.65. The highest BCUT2D eigenvalue weighted by Crippen LogP contribution is 2.45. The van der Waals surface area contributed by atoms with Gasteiger partial charge in [-0.2, -0.15) is 31.6 Å². The van der Waals surface area contributed by atoms with E-state index in [0.717, 1.165) is 7.11 Å². The number of hydrogen-bond acceptors (Lipinski definition) is 4. The molecule has 0 aromatic heterocycles. The molecule has 0 saturated carbocycles. The molecule has 10 heteroatoms. The highest BCUT2D eigenvalue weighted by molar-refractivity contribution is 8.00. The Labute approximate surface area is 118 Å². The molecular weight excluding hydrogens is 324 g/mol. The molecule has 0 radical (unpaired) electrons. The normalized spacial score (nSPS) is 11.9. The van der Waals surface area contributed by atoms with Crippen molar-refractivity contribution in [1.29, 1.82) is 5.26 Å². The van der Waals surface area contributed by atoms with Crippen LogP contribution in [0.4, 0.5) is 26.3 Å². The molecule has 0 heterocycles. The topological polar surface area (TPSA) is 50.1 Å². The Balaban J connectivity index is 3.67. The van der Waals surface area contributed by atoms with Gasteiger partial charge in [0.05, 0.1) is 29.9 Å². The Morgan fingerprint density at radius 2 is 1.81 bits per heavy atom. The first kappa shape index (κ1) is 17.2. The van der Waals surface area contributed by atoms with Crippen molar-refractivity contribution in [2.75, 3.05) is 7.11 Å². The lowest BCUT2D eigenvalue weighted by Crippen LogP contribution is -2.17. The van der Waals surface area contributed by atoms with Crippen LogP contribution in [-0.2, 0) is 10.9 Å². The number of esters is 1. The van der Waals surface area contributed by atoms with Crippen LogP contribution < -0.4 is 0 Å². The maximum absolute atomic E-state index is 12.9. The minimum atomic E-state index is -5.22. The first-order valence-electron chi connectivity index (χ1n) is 4.99. The number of nitriles is 1. The molecule has 1 aromatic rings. The highest BCUT2D eigenvalue weighted by atomic mass is 32.2. The molecule has 0 N–H and O–H groups in total. The van der Waals surface area contributed by atoms with Crippen LogP contribution in [0, 0.1) is 11.3 Å². The van der Waals surface area contributed by atoms with Gasteiger partial charge in [-0.25, -0.2) is 4.79 Å². The Bertz CT molecular complexity index is 602. The molecule has 0 aliphatic carbocycles. The van der Waals surface area contributed by atoms with Crippen LogP contribution in [0.5, 0.6) is 0 Å². The summed E-state index contributed by atoms with van der Waals surface area (Å²) in [4.78, 5) is 10.1. The van der Waals surface area contributed by atoms with E-state index in [0.29, 0.717) is 12.1 Å². The van der Waals surface area contributed by atoms with Gasteiger partial charge in [-0.05, 0) is 23.9 Å². The van der Waals surface area contributed by atoms with Crippen molar-refractivity contribution in [3.63, 3.8) is 0 Å². The zero-order valence-corrected chi connectivity index (χ0v) is 10.9. The third-order valence-corrected chi connectivity index (χ3v) is 2.92. The zero-order valence-electron chi connectivity index (χ0n) is 10.1. The molecule has 1 aromatic carbocycles. The van der Waals surface area contributed by atoms with E-state index >= 15 is 0 Å². The summed E-state index contributed by atoms with van der Waals surface area (Å²) in [7, 11) is 0.776. The summed E-state index contributed by atoms with van der Waals surface area (Å²) in [5.74, 6) is -1.48. The average molecular weight is 329 g/mol. The monoisotopic (exact) mass is 329 g/mol. The summed E-state index contributed by atoms with van der Waals surface area (Å²) in [6.07, 6.45) is -5.22. The summed E-state index contributed by atoms with van der Waals surface area (Å²) < 4.78 is 80.0. The van der Waals surface area contributed by atoms with Crippen LogP contribution in [-0.4, -0.2) is 18.6 Å². The van der Waals surface area contributed by atoms with Crippen LogP contribution in [0.3, 0.4) is 0 Å². The Morgan fingerprint density at radius 1 is 1.24 bits per heavy atom. The zero-order chi connectivity index (χ0) is 16.4. The predicted molar refractivity (Wildman–Crippen MR) is 59.4 cm³/mol. The minimum absolute atomic E-state index is 0.424. The van der Waals surface area contributed by atoms with Gasteiger partial charge in [0.25, 0.3) is 0 Å². The Morgan fingerprint density at radius 3 is 2.19 bits per heavy atom. The number of alkyl halides is 6. The molecule has 0 spiro atoms. The van der Waals surface area contributed by atoms with Gasteiger partial charge in [-0.1, -0.05) is 0 Å². The SMILES string of the molecule is COC(=O)c1cc(C#N)cc(SC(F)(F)F)c1C(F)(F)F. The molecule has 0 amide bonds. The largest absolute Gasteiger partial charge is 0.465 e. The fourth-order valence-corrected chi connectivity index (χ4v) is 2.21. The molecular formula is C11H5F6NO2S. The van der Waals surface area contributed by atoms with Gasteiger partial charge in [0.1, 0.15) is 0 Å². The lowest BCUT2D eigenvalue weighted by atomic mass is 10.0. The smallest absolute Gasteiger partial charge is 0.446 e. The van der Waals surface area contributed by atoms with Gasteiger partial charge in [-0.3, -0.25) is 0 Å². The predicted octanol–water partition coefficient (Wildman–Crippen LogP) is 3.98. The molecule has 0 fully saturated rings. The summed E-state index contributed by atoms with van der Waals surface area (Å²) in [5.41, 5.74) is -8.46. The number of nitrogens with zero attached hydrogens (tertiary/aromatic N) is 1. The third-order valence-electron chi connectivity index (χ3n) is 2.15. The van der Waals surface area contributed by atoms with Gasteiger partial charge < -0.3 is 4.74 Å². The van der Waals surface area contributed by atoms with E-state index in [4.69, 9.17) is 5.26 Å². The third kappa shape index (κ3) is 4.29. The van der Waals surface area contributed by atoms with Crippen molar-refractivity contribution in [1.82, 2.24) is 0 Å². The lowest BCUT2D eigenvalue weighted by Gasteiger charge is -2.17. The number of carbonyl (C=O) groups excluding carboxylic acids is 1. The number of ether oxygens (including phenoxy) is 1. The lowest BCUT2D eigenvalue weighted by molar-refractivity contribution is -0.140. The molecule has 0 aliphatic heterocycles. The first-order chi connectivity index (χ1) is 9.49. The maximum Gasteiger partial charge on any atom is 0.446 e. The van der Waals surface area contributed by atoms with E-state index in [9.17, 15) is 31.1 Å². The number of methoxy groups -OCH3 is 1. The fourth-order valence-electron chi connectivity index (χ4n) is 1.45. The summed E-state index contributed by atoms with van der Waals surface area (Å²) in [6, 6.07) is 2.36. The van der Waals surface area contributed by atoms with Gasteiger partial charge in [0, 0.05) is 4.90 Å². The van der Waals surface area contributed by atoms with Gasteiger partial charge in [-0.15, -0.1) is 0 Å². The van der Waals surface area contributed by atoms with E-state index < -0.39 is 51.0 Å². The van der Waals surface area contributed by atoms with Crippen molar-refractivity contribution < 1.29 is 35.9 Å². The molecule has 0 bridgehead atoms. The van der Waals surface area contributed by atoms with Crippen molar-refractivity contribution >= 4 is 17.7 Å². The van der Waals surface area contributed by atoms with Crippen molar-refractivity contribution in [3.05, 3.63) is 28.8 Å². The number of carbonyl (C=O) groups is 1. The number of benzene rings is 1. The minimum Gasteiger partial charge on any atom is -0.465 e. The van der Waals surface area contributed by atoms with E-state index in [-0.39, 0.29) is 0 Å². The second-order valence-electron chi connectivity index (χ2n) is 3.55. The van der Waals surface area contributed by atoms with Gasteiger partial charge in [0.15, 0.2) is 0 Å². The van der Waals surface area contributed by atoms with Crippen LogP contribution in [0.1, 0.15) is 21.5 Å². The molecule has 3 nitrogen and oxygen atoms in total. The number of thioether (sulfide) groups is 1. The maximum atomic E-state index is 12.9. The Kier molecular flexibility index (Phi) is 4.78. The molecule has 1 rings (SSSR count). The van der Waals surface area contributed by atoms with Gasteiger partial charge in [0.2, 0.25) is 0 Å². The van der Waals surface area contributed by atoms with Crippen molar-refractivity contribution in [3.8, 4) is 6.07 Å². The van der Waals surface area contributed by atoms with E-state index in [2.05, 4.69) is 4.74 Å². The number of rotatable bonds is 2. The number of halogens is 6. The van der Waals surface area contributed by atoms with Gasteiger partial charge >= 0.3 is 17.7 Å². The summed E-state index contributed by atoms with van der Waals surface area (Å²) in [5, 5.41) is 8.66.